The van der Waals surface area contributed by atoms with Gasteiger partial charge in [0.15, 0.2) is 0 Å². The first kappa shape index (κ1) is 17.3. The molecule has 1 saturated carbocycles. The Balaban J connectivity index is 0.000000659. The molecule has 1 aliphatic heterocycles. The summed E-state index contributed by atoms with van der Waals surface area (Å²) in [5.74, 6) is 0.566. The van der Waals surface area contributed by atoms with Crippen molar-refractivity contribution in [1.29, 1.82) is 0 Å². The van der Waals surface area contributed by atoms with Gasteiger partial charge >= 0.3 is 0 Å². The summed E-state index contributed by atoms with van der Waals surface area (Å²) < 4.78 is 0. The Labute approximate surface area is 115 Å². The minimum atomic E-state index is 0.512. The lowest BCUT2D eigenvalue weighted by Gasteiger charge is -2.27. The molecular formula is C17H33N. The molecule has 1 nitrogen and oxygen atoms in total. The van der Waals surface area contributed by atoms with Crippen molar-refractivity contribution >= 4 is 0 Å². The van der Waals surface area contributed by atoms with Crippen molar-refractivity contribution in [2.75, 3.05) is 6.54 Å². The van der Waals surface area contributed by atoms with E-state index in [1.165, 1.54) is 37.9 Å². The molecule has 1 heteroatoms. The van der Waals surface area contributed by atoms with E-state index in [1.807, 2.05) is 27.7 Å². The molecule has 0 unspecified atom stereocenters. The van der Waals surface area contributed by atoms with Crippen LogP contribution in [0.4, 0.5) is 0 Å². The Hall–Kier alpha value is -0.720. The van der Waals surface area contributed by atoms with E-state index in [1.54, 1.807) is 0 Å². The summed E-state index contributed by atoms with van der Waals surface area (Å²) in [6.07, 6.45) is 10.3. The van der Waals surface area contributed by atoms with Crippen LogP contribution in [0.2, 0.25) is 0 Å². The molecular weight excluding hydrogens is 218 g/mol. The van der Waals surface area contributed by atoms with E-state index in [0.29, 0.717) is 11.3 Å². The number of rotatable bonds is 2. The van der Waals surface area contributed by atoms with E-state index >= 15 is 0 Å². The van der Waals surface area contributed by atoms with E-state index in [0.717, 1.165) is 0 Å². The quantitative estimate of drug-likeness (QED) is 0.617. The monoisotopic (exact) mass is 251 g/mol. The number of allylic oxidation sites excluding steroid dienone is 1. The van der Waals surface area contributed by atoms with Gasteiger partial charge < -0.3 is 4.90 Å². The fourth-order valence-corrected chi connectivity index (χ4v) is 2.63. The first-order valence-corrected chi connectivity index (χ1v) is 7.78. The predicted octanol–water partition coefficient (Wildman–Crippen LogP) is 5.60. The van der Waals surface area contributed by atoms with Gasteiger partial charge in [0.1, 0.15) is 0 Å². The summed E-state index contributed by atoms with van der Waals surface area (Å²) in [5, 5.41) is 0. The van der Waals surface area contributed by atoms with Crippen LogP contribution in [0.25, 0.3) is 0 Å². The third-order valence-corrected chi connectivity index (χ3v) is 3.73. The lowest BCUT2D eigenvalue weighted by Crippen LogP contribution is -2.26. The summed E-state index contributed by atoms with van der Waals surface area (Å²) in [6.45, 7) is 17.8. The lowest BCUT2D eigenvalue weighted by molar-refractivity contribution is 0.308. The van der Waals surface area contributed by atoms with Gasteiger partial charge in [-0.1, -0.05) is 67.0 Å². The van der Waals surface area contributed by atoms with Crippen LogP contribution in [-0.2, 0) is 0 Å². The molecule has 0 saturated heterocycles. The van der Waals surface area contributed by atoms with Gasteiger partial charge in [-0.2, -0.15) is 0 Å². The minimum absolute atomic E-state index is 0.512. The average Bonchev–Trinajstić information content (AvgIpc) is 3.04. The van der Waals surface area contributed by atoms with Gasteiger partial charge in [0, 0.05) is 23.9 Å². The third-order valence-electron chi connectivity index (χ3n) is 3.73. The maximum atomic E-state index is 4.17. The maximum Gasteiger partial charge on any atom is 0.0313 e. The molecule has 0 amide bonds. The molecule has 0 bridgehead atoms. The van der Waals surface area contributed by atoms with Gasteiger partial charge in [0.2, 0.25) is 0 Å². The molecule has 1 spiro atoms. The fraction of sp³-hybridized carbons (Fsp3) is 0.765. The Kier molecular flexibility index (Phi) is 8.06. The SMILES string of the molecule is C=C(C(C)C)N1C=CC2(CCCC2)C1.CC.CC. The van der Waals surface area contributed by atoms with E-state index in [4.69, 9.17) is 0 Å². The first-order chi connectivity index (χ1) is 8.63. The van der Waals surface area contributed by atoms with Crippen LogP contribution >= 0.6 is 0 Å². The molecule has 2 aliphatic rings. The standard InChI is InChI=1S/C13H21N.2C2H6/c1-11(2)12(3)14-9-8-13(10-14)6-4-5-7-13;2*1-2/h8-9,11H,3-7,10H2,1-2H3;2*1-2H3. The van der Waals surface area contributed by atoms with Gasteiger partial charge in [-0.3, -0.25) is 0 Å². The molecule has 0 aromatic carbocycles. The van der Waals surface area contributed by atoms with Gasteiger partial charge in [0.25, 0.3) is 0 Å². The Morgan fingerprint density at radius 2 is 1.61 bits per heavy atom. The van der Waals surface area contributed by atoms with E-state index in [-0.39, 0.29) is 0 Å². The van der Waals surface area contributed by atoms with E-state index in [9.17, 15) is 0 Å². The van der Waals surface area contributed by atoms with Crippen LogP contribution in [-0.4, -0.2) is 11.4 Å². The Morgan fingerprint density at radius 3 is 2.06 bits per heavy atom. The van der Waals surface area contributed by atoms with Gasteiger partial charge in [-0.05, 0) is 18.8 Å². The molecule has 0 aromatic rings. The fourth-order valence-electron chi connectivity index (χ4n) is 2.63. The molecule has 0 N–H and O–H groups in total. The second-order valence-electron chi connectivity index (χ2n) is 5.16. The van der Waals surface area contributed by atoms with Crippen molar-refractivity contribution < 1.29 is 0 Å². The van der Waals surface area contributed by atoms with Crippen molar-refractivity contribution in [3.05, 3.63) is 24.6 Å². The molecule has 0 aromatic heterocycles. The highest BCUT2D eigenvalue weighted by Crippen LogP contribution is 2.44. The molecule has 0 atom stereocenters. The normalized spacial score (nSPS) is 19.4. The van der Waals surface area contributed by atoms with Gasteiger partial charge in [-0.15, -0.1) is 0 Å². The van der Waals surface area contributed by atoms with Crippen LogP contribution in [0.15, 0.2) is 24.6 Å². The number of hydrogen-bond acceptors (Lipinski definition) is 1. The number of hydrogen-bond donors (Lipinski definition) is 0. The highest BCUT2D eigenvalue weighted by atomic mass is 15.1. The summed E-state index contributed by atoms with van der Waals surface area (Å²) in [7, 11) is 0. The maximum absolute atomic E-state index is 4.17. The predicted molar refractivity (Wildman–Crippen MR) is 83.4 cm³/mol. The first-order valence-electron chi connectivity index (χ1n) is 7.78. The van der Waals surface area contributed by atoms with Crippen molar-refractivity contribution in [3.63, 3.8) is 0 Å². The molecule has 2 rings (SSSR count). The zero-order chi connectivity index (χ0) is 14.2. The van der Waals surface area contributed by atoms with E-state index < -0.39 is 0 Å². The van der Waals surface area contributed by atoms with Crippen molar-refractivity contribution in [3.8, 4) is 0 Å². The highest BCUT2D eigenvalue weighted by Gasteiger charge is 2.36. The van der Waals surface area contributed by atoms with E-state index in [2.05, 4.69) is 37.6 Å². The second kappa shape index (κ2) is 8.39. The summed E-state index contributed by atoms with van der Waals surface area (Å²) in [6, 6.07) is 0. The Bertz CT molecular complexity index is 257. The summed E-state index contributed by atoms with van der Waals surface area (Å²) in [5.41, 5.74) is 1.78. The number of nitrogens with zero attached hydrogens (tertiary/aromatic N) is 1. The smallest absolute Gasteiger partial charge is 0.0313 e. The molecule has 18 heavy (non-hydrogen) atoms. The van der Waals surface area contributed by atoms with Crippen LogP contribution in [0.3, 0.4) is 0 Å². The van der Waals surface area contributed by atoms with Crippen molar-refractivity contribution in [2.24, 2.45) is 11.3 Å². The van der Waals surface area contributed by atoms with Crippen LogP contribution in [0, 0.1) is 11.3 Å². The van der Waals surface area contributed by atoms with Crippen LogP contribution in [0.1, 0.15) is 67.2 Å². The summed E-state index contributed by atoms with van der Waals surface area (Å²) in [4.78, 5) is 2.36. The highest BCUT2D eigenvalue weighted by molar-refractivity contribution is 5.16. The zero-order valence-electron chi connectivity index (χ0n) is 13.4. The van der Waals surface area contributed by atoms with Gasteiger partial charge in [-0.25, -0.2) is 0 Å². The second-order valence-corrected chi connectivity index (χ2v) is 5.16. The van der Waals surface area contributed by atoms with Gasteiger partial charge in [0.05, 0.1) is 0 Å². The summed E-state index contributed by atoms with van der Waals surface area (Å²) >= 11 is 0. The minimum Gasteiger partial charge on any atom is -0.351 e. The van der Waals surface area contributed by atoms with Crippen LogP contribution < -0.4 is 0 Å². The van der Waals surface area contributed by atoms with Crippen molar-refractivity contribution in [1.82, 2.24) is 4.90 Å². The molecule has 0 radical (unpaired) electrons. The third kappa shape index (κ3) is 4.19. The largest absolute Gasteiger partial charge is 0.351 e. The average molecular weight is 251 g/mol. The molecule has 1 heterocycles. The molecule has 106 valence electrons. The van der Waals surface area contributed by atoms with Crippen molar-refractivity contribution in [2.45, 2.75) is 67.2 Å². The zero-order valence-corrected chi connectivity index (χ0v) is 13.4. The lowest BCUT2D eigenvalue weighted by atomic mass is 9.88. The molecule has 1 fully saturated rings. The topological polar surface area (TPSA) is 3.24 Å². The molecule has 1 aliphatic carbocycles. The Morgan fingerprint density at radius 1 is 1.11 bits per heavy atom. The van der Waals surface area contributed by atoms with Crippen LogP contribution in [0.5, 0.6) is 0 Å².